The highest BCUT2D eigenvalue weighted by Gasteiger charge is 2.27. The zero-order valence-corrected chi connectivity index (χ0v) is 20.1. The van der Waals surface area contributed by atoms with Crippen LogP contribution < -0.4 is 11.5 Å². The predicted molar refractivity (Wildman–Crippen MR) is 136 cm³/mol. The molecule has 194 valence electrons. The average molecular weight is 519 g/mol. The summed E-state index contributed by atoms with van der Waals surface area (Å²) < 4.78 is 26.9. The smallest absolute Gasteiger partial charge is 0.407 e. The minimum absolute atomic E-state index is 0.0433. The van der Waals surface area contributed by atoms with Crippen molar-refractivity contribution in [1.82, 2.24) is 19.8 Å². The van der Waals surface area contributed by atoms with Crippen molar-refractivity contribution in [1.29, 1.82) is 0 Å². The number of hydrogen-bond acceptors (Lipinski definition) is 6. The van der Waals surface area contributed by atoms with E-state index in [1.807, 2.05) is 24.3 Å². The van der Waals surface area contributed by atoms with E-state index in [1.165, 1.54) is 6.07 Å². The molecule has 0 aliphatic carbocycles. The number of nitrogen functional groups attached to an aromatic ring is 1. The van der Waals surface area contributed by atoms with Crippen LogP contribution in [0.3, 0.4) is 0 Å². The largest absolute Gasteiger partial charge is 0.465 e. The van der Waals surface area contributed by atoms with Crippen LogP contribution in [0.15, 0.2) is 60.7 Å². The summed E-state index contributed by atoms with van der Waals surface area (Å²) in [6.45, 7) is 0.557. The number of benzene rings is 3. The lowest BCUT2D eigenvalue weighted by Crippen LogP contribution is -2.35. The van der Waals surface area contributed by atoms with Crippen LogP contribution in [0.2, 0.25) is 0 Å². The summed E-state index contributed by atoms with van der Waals surface area (Å²) in [6.07, 6.45) is -1.27. The Kier molecular flexibility index (Phi) is 6.60. The second-order valence-corrected chi connectivity index (χ2v) is 9.15. The SMILES string of the molecule is Nc1nc(C(=O)N2Cc3ccccc3C2)c2cc(C(N)CN(Cc3ccc(F)c(F)c3)C(=O)O)ccc2n1. The quantitative estimate of drug-likeness (QED) is 0.353. The Labute approximate surface area is 216 Å². The lowest BCUT2D eigenvalue weighted by Gasteiger charge is -2.24. The van der Waals surface area contributed by atoms with Crippen molar-refractivity contribution in [2.45, 2.75) is 25.7 Å². The van der Waals surface area contributed by atoms with E-state index >= 15 is 0 Å². The molecule has 3 aromatic carbocycles. The molecule has 5 rings (SSSR count). The molecule has 0 saturated carbocycles. The molecule has 0 bridgehead atoms. The molecule has 5 N–H and O–H groups in total. The third kappa shape index (κ3) is 4.96. The van der Waals surface area contributed by atoms with Crippen LogP contribution in [0.25, 0.3) is 10.9 Å². The summed E-state index contributed by atoms with van der Waals surface area (Å²) >= 11 is 0. The second-order valence-electron chi connectivity index (χ2n) is 9.15. The van der Waals surface area contributed by atoms with Gasteiger partial charge in [0, 0.05) is 37.6 Å². The minimum Gasteiger partial charge on any atom is -0.465 e. The minimum atomic E-state index is -1.27. The van der Waals surface area contributed by atoms with Gasteiger partial charge in [-0.15, -0.1) is 0 Å². The number of rotatable bonds is 6. The van der Waals surface area contributed by atoms with E-state index in [-0.39, 0.29) is 36.2 Å². The number of aromatic nitrogens is 2. The molecular weight excluding hydrogens is 494 g/mol. The van der Waals surface area contributed by atoms with E-state index in [2.05, 4.69) is 9.97 Å². The predicted octanol–water partition coefficient (Wildman–Crippen LogP) is 3.83. The van der Waals surface area contributed by atoms with Crippen molar-refractivity contribution in [2.75, 3.05) is 12.3 Å². The van der Waals surface area contributed by atoms with Crippen molar-refractivity contribution in [3.8, 4) is 0 Å². The van der Waals surface area contributed by atoms with Gasteiger partial charge >= 0.3 is 6.09 Å². The monoisotopic (exact) mass is 518 g/mol. The maximum absolute atomic E-state index is 13.6. The highest BCUT2D eigenvalue weighted by atomic mass is 19.2. The van der Waals surface area contributed by atoms with E-state index in [4.69, 9.17) is 11.5 Å². The molecule has 1 aliphatic heterocycles. The summed E-state index contributed by atoms with van der Waals surface area (Å²) in [5.74, 6) is -2.44. The van der Waals surface area contributed by atoms with Crippen LogP contribution in [0.4, 0.5) is 19.5 Å². The standard InChI is InChI=1S/C27H24F2N6O3/c28-20-7-5-15(9-21(20)29)11-35(27(37)38)14-22(30)16-6-8-23-19(10-16)24(33-26(31)32-23)25(36)34-12-17-3-1-2-4-18(17)13-34/h1-10,22H,11-14,30H2,(H,37,38)(H2,31,32,33). The third-order valence-electron chi connectivity index (χ3n) is 6.54. The maximum atomic E-state index is 13.6. The van der Waals surface area contributed by atoms with Gasteiger partial charge in [0.2, 0.25) is 5.95 Å². The summed E-state index contributed by atoms with van der Waals surface area (Å²) in [7, 11) is 0. The van der Waals surface area contributed by atoms with Crippen molar-refractivity contribution < 1.29 is 23.5 Å². The fourth-order valence-electron chi connectivity index (χ4n) is 4.60. The number of anilines is 1. The first-order valence-corrected chi connectivity index (χ1v) is 11.8. The van der Waals surface area contributed by atoms with E-state index < -0.39 is 23.8 Å². The molecule has 11 heteroatoms. The number of carboxylic acid groups (broad SMARTS) is 1. The van der Waals surface area contributed by atoms with Gasteiger partial charge in [-0.3, -0.25) is 4.79 Å². The van der Waals surface area contributed by atoms with Gasteiger partial charge in [0.15, 0.2) is 11.6 Å². The number of halogens is 2. The fraction of sp³-hybridized carbons (Fsp3) is 0.185. The number of nitrogens with two attached hydrogens (primary N) is 2. The number of carbonyl (C=O) groups excluding carboxylic acids is 1. The molecule has 9 nitrogen and oxygen atoms in total. The lowest BCUT2D eigenvalue weighted by atomic mass is 10.0. The van der Waals surface area contributed by atoms with Gasteiger partial charge in [-0.1, -0.05) is 36.4 Å². The van der Waals surface area contributed by atoms with Gasteiger partial charge in [-0.05, 0) is 46.5 Å². The Morgan fingerprint density at radius 3 is 2.37 bits per heavy atom. The zero-order chi connectivity index (χ0) is 27.0. The Bertz CT molecular complexity index is 1540. The zero-order valence-electron chi connectivity index (χ0n) is 20.1. The number of fused-ring (bicyclic) bond motifs is 2. The summed E-state index contributed by atoms with van der Waals surface area (Å²) in [5, 5.41) is 10.1. The average Bonchev–Trinajstić information content (AvgIpc) is 3.33. The van der Waals surface area contributed by atoms with Gasteiger partial charge in [0.1, 0.15) is 5.69 Å². The molecule has 1 aliphatic rings. The molecule has 0 radical (unpaired) electrons. The van der Waals surface area contributed by atoms with E-state index in [1.54, 1.807) is 23.1 Å². The van der Waals surface area contributed by atoms with Gasteiger partial charge < -0.3 is 26.4 Å². The summed E-state index contributed by atoms with van der Waals surface area (Å²) in [5.41, 5.74) is 15.8. The number of nitrogens with zero attached hydrogens (tertiary/aromatic N) is 4. The van der Waals surface area contributed by atoms with Crippen LogP contribution >= 0.6 is 0 Å². The molecule has 2 heterocycles. The molecule has 0 fully saturated rings. The molecule has 1 unspecified atom stereocenters. The first-order chi connectivity index (χ1) is 18.2. The summed E-state index contributed by atoms with van der Waals surface area (Å²) in [6, 6.07) is 15.2. The number of hydrogen-bond donors (Lipinski definition) is 3. The van der Waals surface area contributed by atoms with E-state index in [0.717, 1.165) is 28.2 Å². The molecule has 1 atom stereocenters. The van der Waals surface area contributed by atoms with E-state index in [9.17, 15) is 23.5 Å². The topological polar surface area (TPSA) is 139 Å². The lowest BCUT2D eigenvalue weighted by molar-refractivity contribution is 0.0747. The molecule has 0 spiro atoms. The molecule has 2 amide bonds. The van der Waals surface area contributed by atoms with Crippen LogP contribution in [0.5, 0.6) is 0 Å². The van der Waals surface area contributed by atoms with Crippen LogP contribution in [-0.4, -0.2) is 43.4 Å². The molecule has 4 aromatic rings. The Hall–Kier alpha value is -4.64. The van der Waals surface area contributed by atoms with Crippen molar-refractivity contribution in [3.05, 3.63) is 100 Å². The normalized spacial score (nSPS) is 13.4. The van der Waals surface area contributed by atoms with Gasteiger partial charge in [0.25, 0.3) is 5.91 Å². The molecule has 0 saturated heterocycles. The van der Waals surface area contributed by atoms with Crippen LogP contribution in [-0.2, 0) is 19.6 Å². The van der Waals surface area contributed by atoms with Crippen molar-refractivity contribution in [3.63, 3.8) is 0 Å². The highest BCUT2D eigenvalue weighted by molar-refractivity contribution is 6.05. The molecular formula is C27H24F2N6O3. The number of carbonyl (C=O) groups is 2. The van der Waals surface area contributed by atoms with Crippen molar-refractivity contribution >= 4 is 28.9 Å². The summed E-state index contributed by atoms with van der Waals surface area (Å²) in [4.78, 5) is 36.5. The Morgan fingerprint density at radius 1 is 1.00 bits per heavy atom. The maximum Gasteiger partial charge on any atom is 0.407 e. The van der Waals surface area contributed by atoms with Gasteiger partial charge in [0.05, 0.1) is 5.52 Å². The van der Waals surface area contributed by atoms with Crippen LogP contribution in [0.1, 0.15) is 38.8 Å². The fourth-order valence-corrected chi connectivity index (χ4v) is 4.60. The third-order valence-corrected chi connectivity index (χ3v) is 6.54. The van der Waals surface area contributed by atoms with E-state index in [0.29, 0.717) is 29.6 Å². The van der Waals surface area contributed by atoms with Gasteiger partial charge in [-0.25, -0.2) is 23.5 Å². The highest BCUT2D eigenvalue weighted by Crippen LogP contribution is 2.28. The van der Waals surface area contributed by atoms with Crippen molar-refractivity contribution in [2.24, 2.45) is 5.73 Å². The van der Waals surface area contributed by atoms with Gasteiger partial charge in [-0.2, -0.15) is 0 Å². The Morgan fingerprint density at radius 2 is 1.71 bits per heavy atom. The Balaban J connectivity index is 1.41. The first kappa shape index (κ1) is 25.0. The van der Waals surface area contributed by atoms with Crippen LogP contribution in [0, 0.1) is 11.6 Å². The first-order valence-electron chi connectivity index (χ1n) is 11.8. The molecule has 38 heavy (non-hydrogen) atoms. The molecule has 1 aromatic heterocycles. The second kappa shape index (κ2) is 10.0. The number of amides is 2.